The number of imidazole rings is 1. The number of carboxylic acid groups (broad SMARTS) is 1. The summed E-state index contributed by atoms with van der Waals surface area (Å²) in [4.78, 5) is 33.4. The quantitative estimate of drug-likeness (QED) is 0.335. The first-order chi connectivity index (χ1) is 17.8. The lowest BCUT2D eigenvalue weighted by molar-refractivity contribution is -0.0570. The lowest BCUT2D eigenvalue weighted by Gasteiger charge is -2.57. The van der Waals surface area contributed by atoms with Crippen LogP contribution in [-0.4, -0.2) is 27.0 Å². The second-order valence-electron chi connectivity index (χ2n) is 12.0. The number of carboxylic acids is 1. The Morgan fingerprint density at radius 2 is 1.70 bits per heavy atom. The number of carbonyl (C=O) groups is 2. The van der Waals surface area contributed by atoms with Crippen molar-refractivity contribution in [2.45, 2.75) is 65.2 Å². The number of hydrogen-bond donors (Lipinski definition) is 3. The van der Waals surface area contributed by atoms with E-state index in [-0.39, 0.29) is 11.5 Å². The van der Waals surface area contributed by atoms with Crippen molar-refractivity contribution in [1.29, 1.82) is 0 Å². The third-order valence-electron chi connectivity index (χ3n) is 9.05. The Labute approximate surface area is 217 Å². The highest BCUT2D eigenvalue weighted by Gasteiger charge is 2.50. The van der Waals surface area contributed by atoms with Crippen LogP contribution in [0.25, 0.3) is 11.4 Å². The van der Waals surface area contributed by atoms with Gasteiger partial charge in [-0.3, -0.25) is 4.79 Å². The standard InChI is InChI=1S/C31H35N3O3/c1-18-9-23(30(36)37)14-24(10-18)32-29(35)27-26(33-28(34-27)25-6-4-3-5-19(25)2)7-8-31-15-20-11-21(16-31)13-22(12-20)17-31/h3-6,9-10,14,20-22H,7-8,11-13,15-17H2,1-2H3,(H,32,35)(H,33,34)(H,36,37). The van der Waals surface area contributed by atoms with Crippen molar-refractivity contribution in [2.75, 3.05) is 5.32 Å². The average molecular weight is 498 g/mol. The van der Waals surface area contributed by atoms with Crippen molar-refractivity contribution in [1.82, 2.24) is 9.97 Å². The first kappa shape index (κ1) is 24.0. The third kappa shape index (κ3) is 4.70. The predicted molar refractivity (Wildman–Crippen MR) is 144 cm³/mol. The fourth-order valence-electron chi connectivity index (χ4n) is 7.90. The number of amides is 1. The molecule has 6 heteroatoms. The number of carbonyl (C=O) groups excluding carboxylic acids is 1. The molecule has 4 saturated carbocycles. The third-order valence-corrected chi connectivity index (χ3v) is 9.05. The van der Waals surface area contributed by atoms with Crippen LogP contribution in [0.15, 0.2) is 42.5 Å². The second-order valence-corrected chi connectivity index (χ2v) is 12.0. The van der Waals surface area contributed by atoms with E-state index in [0.29, 0.717) is 22.6 Å². The summed E-state index contributed by atoms with van der Waals surface area (Å²) in [5, 5.41) is 12.4. The van der Waals surface area contributed by atoms with Crippen LogP contribution in [0.1, 0.15) is 82.6 Å². The minimum Gasteiger partial charge on any atom is -0.478 e. The van der Waals surface area contributed by atoms with Crippen LogP contribution in [0.3, 0.4) is 0 Å². The number of aromatic nitrogens is 2. The van der Waals surface area contributed by atoms with Crippen molar-refractivity contribution in [3.63, 3.8) is 0 Å². The monoisotopic (exact) mass is 497 g/mol. The van der Waals surface area contributed by atoms with Gasteiger partial charge in [-0.15, -0.1) is 0 Å². The molecule has 0 aliphatic heterocycles. The second kappa shape index (κ2) is 9.16. The summed E-state index contributed by atoms with van der Waals surface area (Å²) in [5.41, 5.74) is 5.17. The molecule has 1 amide bonds. The molecular weight excluding hydrogens is 462 g/mol. The summed E-state index contributed by atoms with van der Waals surface area (Å²) in [7, 11) is 0. The van der Waals surface area contributed by atoms with Crippen molar-refractivity contribution in [3.05, 3.63) is 70.5 Å². The summed E-state index contributed by atoms with van der Waals surface area (Å²) in [6.07, 6.45) is 10.1. The molecule has 4 fully saturated rings. The fourth-order valence-corrected chi connectivity index (χ4v) is 7.90. The summed E-state index contributed by atoms with van der Waals surface area (Å²) in [6, 6.07) is 12.9. The van der Waals surface area contributed by atoms with Gasteiger partial charge >= 0.3 is 5.97 Å². The number of rotatable bonds is 7. The smallest absolute Gasteiger partial charge is 0.335 e. The maximum absolute atomic E-state index is 13.5. The van der Waals surface area contributed by atoms with Gasteiger partial charge in [-0.2, -0.15) is 0 Å². The molecule has 7 rings (SSSR count). The summed E-state index contributed by atoms with van der Waals surface area (Å²) < 4.78 is 0. The number of benzene rings is 2. The Morgan fingerprint density at radius 1 is 1.03 bits per heavy atom. The van der Waals surface area contributed by atoms with Crippen LogP contribution < -0.4 is 5.32 Å². The molecule has 3 N–H and O–H groups in total. The molecule has 37 heavy (non-hydrogen) atoms. The molecule has 0 unspecified atom stereocenters. The minimum absolute atomic E-state index is 0.153. The fraction of sp³-hybridized carbons (Fsp3) is 0.452. The molecule has 192 valence electrons. The highest BCUT2D eigenvalue weighted by molar-refractivity contribution is 6.04. The molecular formula is C31H35N3O3. The summed E-state index contributed by atoms with van der Waals surface area (Å²) in [5.74, 6) is 2.06. The maximum Gasteiger partial charge on any atom is 0.335 e. The molecule has 2 aromatic carbocycles. The van der Waals surface area contributed by atoms with Crippen LogP contribution >= 0.6 is 0 Å². The SMILES string of the molecule is Cc1cc(NC(=O)c2nc(-c3ccccc3C)[nH]c2CCC23CC4CC(CC(C4)C2)C3)cc(C(=O)O)c1. The average Bonchev–Trinajstić information content (AvgIpc) is 3.26. The lowest BCUT2D eigenvalue weighted by Crippen LogP contribution is -2.46. The molecule has 0 saturated heterocycles. The lowest BCUT2D eigenvalue weighted by atomic mass is 9.48. The van der Waals surface area contributed by atoms with Crippen molar-refractivity contribution < 1.29 is 14.7 Å². The van der Waals surface area contributed by atoms with Crippen molar-refractivity contribution in [2.24, 2.45) is 23.2 Å². The van der Waals surface area contributed by atoms with Gasteiger partial charge < -0.3 is 15.4 Å². The molecule has 3 aromatic rings. The number of hydrogen-bond acceptors (Lipinski definition) is 3. The molecule has 0 atom stereocenters. The van der Waals surface area contributed by atoms with E-state index in [9.17, 15) is 14.7 Å². The largest absolute Gasteiger partial charge is 0.478 e. The zero-order chi connectivity index (χ0) is 25.7. The minimum atomic E-state index is -1.02. The molecule has 6 nitrogen and oxygen atoms in total. The van der Waals surface area contributed by atoms with Gasteiger partial charge in [0, 0.05) is 16.9 Å². The van der Waals surface area contributed by atoms with Gasteiger partial charge in [-0.1, -0.05) is 24.3 Å². The number of aryl methyl sites for hydroxylation is 3. The highest BCUT2D eigenvalue weighted by atomic mass is 16.4. The number of nitrogens with zero attached hydrogens (tertiary/aromatic N) is 1. The van der Waals surface area contributed by atoms with E-state index in [2.05, 4.69) is 10.3 Å². The van der Waals surface area contributed by atoms with Crippen LogP contribution in [0.4, 0.5) is 5.69 Å². The Balaban J connectivity index is 1.30. The Bertz CT molecular complexity index is 1340. The van der Waals surface area contributed by atoms with Gasteiger partial charge in [0.2, 0.25) is 0 Å². The molecule has 4 aliphatic rings. The maximum atomic E-state index is 13.5. The van der Waals surface area contributed by atoms with E-state index < -0.39 is 5.97 Å². The number of anilines is 1. The van der Waals surface area contributed by atoms with Gasteiger partial charge in [-0.05, 0) is 118 Å². The van der Waals surface area contributed by atoms with Gasteiger partial charge in [0.25, 0.3) is 5.91 Å². The Hall–Kier alpha value is -3.41. The zero-order valence-electron chi connectivity index (χ0n) is 21.6. The first-order valence-corrected chi connectivity index (χ1v) is 13.6. The van der Waals surface area contributed by atoms with Crippen LogP contribution in [0, 0.1) is 37.0 Å². The highest BCUT2D eigenvalue weighted by Crippen LogP contribution is 2.61. The Kier molecular flexibility index (Phi) is 5.93. The first-order valence-electron chi connectivity index (χ1n) is 13.6. The van der Waals surface area contributed by atoms with Gasteiger partial charge in [0.15, 0.2) is 0 Å². The van der Waals surface area contributed by atoms with Crippen molar-refractivity contribution >= 4 is 17.6 Å². The number of H-pyrrole nitrogens is 1. The van der Waals surface area contributed by atoms with Crippen molar-refractivity contribution in [3.8, 4) is 11.4 Å². The van der Waals surface area contributed by atoms with E-state index >= 15 is 0 Å². The van der Waals surface area contributed by atoms with Gasteiger partial charge in [0.1, 0.15) is 11.5 Å². The van der Waals surface area contributed by atoms with E-state index in [1.165, 1.54) is 44.6 Å². The number of nitrogens with one attached hydrogen (secondary N) is 2. The molecule has 0 spiro atoms. The predicted octanol–water partition coefficient (Wildman–Crippen LogP) is 6.79. The topological polar surface area (TPSA) is 95.1 Å². The van der Waals surface area contributed by atoms with Gasteiger partial charge in [0.05, 0.1) is 5.56 Å². The van der Waals surface area contributed by atoms with E-state index in [4.69, 9.17) is 4.98 Å². The van der Waals surface area contributed by atoms with Gasteiger partial charge in [-0.25, -0.2) is 9.78 Å². The van der Waals surface area contributed by atoms with E-state index in [0.717, 1.165) is 53.0 Å². The Morgan fingerprint density at radius 3 is 2.35 bits per heavy atom. The number of aromatic amines is 1. The normalized spacial score (nSPS) is 25.8. The zero-order valence-corrected chi connectivity index (χ0v) is 21.6. The van der Waals surface area contributed by atoms with E-state index in [1.807, 2.05) is 38.1 Å². The number of aromatic carboxylic acids is 1. The molecule has 0 radical (unpaired) electrons. The van der Waals surface area contributed by atoms with Crippen LogP contribution in [0.5, 0.6) is 0 Å². The van der Waals surface area contributed by atoms with Crippen LogP contribution in [-0.2, 0) is 6.42 Å². The van der Waals surface area contributed by atoms with Crippen LogP contribution in [0.2, 0.25) is 0 Å². The molecule has 1 aromatic heterocycles. The molecule has 4 bridgehead atoms. The molecule has 4 aliphatic carbocycles. The van der Waals surface area contributed by atoms with E-state index in [1.54, 1.807) is 12.1 Å². The molecule has 1 heterocycles. The summed E-state index contributed by atoms with van der Waals surface area (Å²) >= 11 is 0. The summed E-state index contributed by atoms with van der Waals surface area (Å²) in [6.45, 7) is 3.87.